The first-order valence-corrected chi connectivity index (χ1v) is 9.37. The Kier molecular flexibility index (Phi) is 11.0. The van der Waals surface area contributed by atoms with E-state index in [-0.39, 0.29) is 24.0 Å². The van der Waals surface area contributed by atoms with Crippen molar-refractivity contribution in [2.24, 2.45) is 10.9 Å². The van der Waals surface area contributed by atoms with Crippen molar-refractivity contribution in [3.63, 3.8) is 0 Å². The number of aliphatic imine (C=N–C) groups is 1. The number of hydrogen-bond acceptors (Lipinski definition) is 3. The van der Waals surface area contributed by atoms with Crippen molar-refractivity contribution in [1.82, 2.24) is 10.2 Å². The van der Waals surface area contributed by atoms with E-state index < -0.39 is 0 Å². The predicted octanol–water partition coefficient (Wildman–Crippen LogP) is 3.62. The Morgan fingerprint density at radius 2 is 2.04 bits per heavy atom. The number of guanidine groups is 1. The molecule has 1 heterocycles. The normalized spacial score (nSPS) is 17.2. The number of nitrogens with one attached hydrogen (secondary N) is 1. The highest BCUT2D eigenvalue weighted by Crippen LogP contribution is 2.22. The van der Waals surface area contributed by atoms with Crippen LogP contribution in [0.15, 0.2) is 23.2 Å². The van der Waals surface area contributed by atoms with Gasteiger partial charge in [-0.1, -0.05) is 18.2 Å². The zero-order chi connectivity index (χ0) is 18.1. The molecule has 1 aliphatic heterocycles. The van der Waals surface area contributed by atoms with Crippen molar-refractivity contribution < 1.29 is 9.47 Å². The molecule has 2 rings (SSSR count). The second kappa shape index (κ2) is 12.4. The molecule has 1 unspecified atom stereocenters. The number of hydrogen-bond donors (Lipinski definition) is 1. The van der Waals surface area contributed by atoms with Gasteiger partial charge in [-0.15, -0.1) is 24.0 Å². The Labute approximate surface area is 175 Å². The van der Waals surface area contributed by atoms with Crippen molar-refractivity contribution >= 4 is 29.9 Å². The third kappa shape index (κ3) is 6.95. The van der Waals surface area contributed by atoms with Gasteiger partial charge in [0, 0.05) is 45.6 Å². The van der Waals surface area contributed by atoms with Crippen LogP contribution in [0.4, 0.5) is 0 Å². The van der Waals surface area contributed by atoms with Gasteiger partial charge in [-0.2, -0.15) is 0 Å². The summed E-state index contributed by atoms with van der Waals surface area (Å²) in [6.45, 7) is 11.6. The molecule has 5 nitrogen and oxygen atoms in total. The molecule has 1 aromatic carbocycles. The highest BCUT2D eigenvalue weighted by molar-refractivity contribution is 14.0. The highest BCUT2D eigenvalue weighted by Gasteiger charge is 2.24. The molecule has 0 saturated carbocycles. The lowest BCUT2D eigenvalue weighted by Gasteiger charge is -2.21. The average Bonchev–Trinajstić information content (AvgIpc) is 3.05. The maximum Gasteiger partial charge on any atom is 0.193 e. The molecule has 0 amide bonds. The van der Waals surface area contributed by atoms with Crippen molar-refractivity contribution in [3.8, 4) is 5.75 Å². The molecule has 26 heavy (non-hydrogen) atoms. The Morgan fingerprint density at radius 3 is 2.69 bits per heavy atom. The van der Waals surface area contributed by atoms with Gasteiger partial charge in [-0.25, -0.2) is 0 Å². The number of ether oxygens (including phenoxy) is 2. The summed E-state index contributed by atoms with van der Waals surface area (Å²) in [6, 6.07) is 6.25. The number of nitrogens with zero attached hydrogens (tertiary/aromatic N) is 2. The molecule has 1 N–H and O–H groups in total. The fourth-order valence-electron chi connectivity index (χ4n) is 3.27. The molecule has 0 spiro atoms. The van der Waals surface area contributed by atoms with E-state index in [1.165, 1.54) is 17.5 Å². The number of methoxy groups -OCH3 is 1. The summed E-state index contributed by atoms with van der Waals surface area (Å²) in [5, 5.41) is 3.41. The number of benzene rings is 1. The van der Waals surface area contributed by atoms with E-state index >= 15 is 0 Å². The van der Waals surface area contributed by atoms with Gasteiger partial charge in [0.25, 0.3) is 0 Å². The Balaban J connectivity index is 0.00000338. The van der Waals surface area contributed by atoms with Gasteiger partial charge in [0.15, 0.2) is 5.96 Å². The first-order chi connectivity index (χ1) is 12.2. The van der Waals surface area contributed by atoms with Crippen molar-refractivity contribution in [1.29, 1.82) is 0 Å². The molecule has 1 aliphatic rings. The van der Waals surface area contributed by atoms with Gasteiger partial charge in [-0.05, 0) is 38.3 Å². The zero-order valence-corrected chi connectivity index (χ0v) is 18.9. The molecular formula is C20H34IN3O2. The molecule has 0 aromatic heterocycles. The van der Waals surface area contributed by atoms with E-state index in [1.807, 2.05) is 0 Å². The van der Waals surface area contributed by atoms with Crippen molar-refractivity contribution in [3.05, 3.63) is 29.3 Å². The summed E-state index contributed by atoms with van der Waals surface area (Å²) >= 11 is 0. The van der Waals surface area contributed by atoms with Crippen LogP contribution in [0.1, 0.15) is 30.9 Å². The van der Waals surface area contributed by atoms with Crippen LogP contribution in [0, 0.1) is 19.8 Å². The van der Waals surface area contributed by atoms with E-state index in [0.29, 0.717) is 12.5 Å². The largest absolute Gasteiger partial charge is 0.493 e. The van der Waals surface area contributed by atoms with Crippen LogP contribution < -0.4 is 10.1 Å². The summed E-state index contributed by atoms with van der Waals surface area (Å²) in [5.74, 6) is 2.65. The van der Waals surface area contributed by atoms with Crippen LogP contribution in [-0.4, -0.2) is 57.4 Å². The molecule has 0 bridgehead atoms. The molecule has 1 saturated heterocycles. The van der Waals surface area contributed by atoms with Gasteiger partial charge < -0.3 is 19.7 Å². The van der Waals surface area contributed by atoms with Crippen LogP contribution in [0.25, 0.3) is 0 Å². The smallest absolute Gasteiger partial charge is 0.193 e. The lowest BCUT2D eigenvalue weighted by molar-refractivity contribution is 0.157. The summed E-state index contributed by atoms with van der Waals surface area (Å²) in [6.07, 6.45) is 2.09. The molecule has 0 aliphatic carbocycles. The topological polar surface area (TPSA) is 46.1 Å². The fourth-order valence-corrected chi connectivity index (χ4v) is 3.27. The SMILES string of the molecule is CCNC(=NCCCOc1c(C)cccc1C)N1CCC(COC)C1.I. The van der Waals surface area contributed by atoms with E-state index in [2.05, 4.69) is 49.2 Å². The van der Waals surface area contributed by atoms with Gasteiger partial charge in [0.05, 0.1) is 13.2 Å². The second-order valence-corrected chi connectivity index (χ2v) is 6.71. The fraction of sp³-hybridized carbons (Fsp3) is 0.650. The van der Waals surface area contributed by atoms with E-state index in [0.717, 1.165) is 50.9 Å². The van der Waals surface area contributed by atoms with Crippen molar-refractivity contribution in [2.75, 3.05) is 46.5 Å². The molecule has 1 aromatic rings. The Bertz CT molecular complexity index is 546. The van der Waals surface area contributed by atoms with Crippen LogP contribution >= 0.6 is 24.0 Å². The van der Waals surface area contributed by atoms with E-state index in [9.17, 15) is 0 Å². The van der Waals surface area contributed by atoms with Crippen molar-refractivity contribution in [2.45, 2.75) is 33.6 Å². The monoisotopic (exact) mass is 475 g/mol. The zero-order valence-electron chi connectivity index (χ0n) is 16.6. The van der Waals surface area contributed by atoms with Crippen LogP contribution in [0.2, 0.25) is 0 Å². The average molecular weight is 475 g/mol. The molecular weight excluding hydrogens is 441 g/mol. The maximum absolute atomic E-state index is 5.96. The number of rotatable bonds is 8. The predicted molar refractivity (Wildman–Crippen MR) is 119 cm³/mol. The molecule has 0 radical (unpaired) electrons. The molecule has 1 atom stereocenters. The summed E-state index contributed by atoms with van der Waals surface area (Å²) in [4.78, 5) is 7.12. The summed E-state index contributed by atoms with van der Waals surface area (Å²) in [5.41, 5.74) is 2.39. The minimum Gasteiger partial charge on any atom is -0.493 e. The van der Waals surface area contributed by atoms with Crippen LogP contribution in [0.3, 0.4) is 0 Å². The van der Waals surface area contributed by atoms with Gasteiger partial charge >= 0.3 is 0 Å². The highest BCUT2D eigenvalue weighted by atomic mass is 127. The molecule has 6 heteroatoms. The summed E-state index contributed by atoms with van der Waals surface area (Å²) in [7, 11) is 1.78. The number of aryl methyl sites for hydroxylation is 2. The van der Waals surface area contributed by atoms with Gasteiger partial charge in [0.2, 0.25) is 0 Å². The number of likely N-dealkylation sites (tertiary alicyclic amines) is 1. The Hall–Kier alpha value is -1.02. The third-order valence-electron chi connectivity index (χ3n) is 4.54. The quantitative estimate of drug-likeness (QED) is 0.270. The lowest BCUT2D eigenvalue weighted by atomic mass is 10.1. The second-order valence-electron chi connectivity index (χ2n) is 6.71. The maximum atomic E-state index is 5.96. The summed E-state index contributed by atoms with van der Waals surface area (Å²) < 4.78 is 11.2. The Morgan fingerprint density at radius 1 is 1.31 bits per heavy atom. The molecule has 1 fully saturated rings. The van der Waals surface area contributed by atoms with Crippen LogP contribution in [-0.2, 0) is 4.74 Å². The minimum absolute atomic E-state index is 0. The van der Waals surface area contributed by atoms with E-state index in [4.69, 9.17) is 14.5 Å². The lowest BCUT2D eigenvalue weighted by Crippen LogP contribution is -2.40. The van der Waals surface area contributed by atoms with Gasteiger partial charge in [0.1, 0.15) is 5.75 Å². The first-order valence-electron chi connectivity index (χ1n) is 9.37. The van der Waals surface area contributed by atoms with Crippen LogP contribution in [0.5, 0.6) is 5.75 Å². The molecule has 148 valence electrons. The third-order valence-corrected chi connectivity index (χ3v) is 4.54. The van der Waals surface area contributed by atoms with E-state index in [1.54, 1.807) is 7.11 Å². The van der Waals surface area contributed by atoms with Gasteiger partial charge in [-0.3, -0.25) is 4.99 Å². The minimum atomic E-state index is 0. The first kappa shape index (κ1) is 23.0. The number of halogens is 1. The number of para-hydroxylation sites is 1. The standard InChI is InChI=1S/C20H33N3O2.HI/c1-5-21-20(23-12-10-18(14-23)15-24-4)22-11-7-13-25-19-16(2)8-6-9-17(19)3;/h6,8-9,18H,5,7,10-15H2,1-4H3,(H,21,22);1H.